The highest BCUT2D eigenvalue weighted by Crippen LogP contribution is 2.31. The zero-order valence-corrected chi connectivity index (χ0v) is 6.88. The third-order valence-corrected chi connectivity index (χ3v) is 1.36. The number of carbonyl (C=O) groups is 1. The standard InChI is InChI=1S/C7H4F3NO2.H3N/c8-7(9,10)5-1-2-11-3-4(5)6(12)13;/h1-3H,(H,12,13);1H3. The summed E-state index contributed by atoms with van der Waals surface area (Å²) in [7, 11) is 0. The number of aromatic carboxylic acids is 1. The van der Waals surface area contributed by atoms with Crippen LogP contribution in [0.2, 0.25) is 0 Å². The molecule has 0 bridgehead atoms. The summed E-state index contributed by atoms with van der Waals surface area (Å²) in [5.41, 5.74) is -2.02. The Hall–Kier alpha value is -1.63. The van der Waals surface area contributed by atoms with Crippen molar-refractivity contribution in [3.8, 4) is 0 Å². The lowest BCUT2D eigenvalue weighted by Crippen LogP contribution is -2.12. The van der Waals surface area contributed by atoms with Gasteiger partial charge in [0.05, 0.1) is 11.1 Å². The molecule has 1 aromatic heterocycles. The van der Waals surface area contributed by atoms with E-state index < -0.39 is 23.3 Å². The molecular formula is C7H7F3N2O2. The second kappa shape index (κ2) is 4.05. The minimum atomic E-state index is -4.66. The number of hydrogen-bond acceptors (Lipinski definition) is 3. The maximum atomic E-state index is 12.1. The Morgan fingerprint density at radius 1 is 1.43 bits per heavy atom. The van der Waals surface area contributed by atoms with Crippen molar-refractivity contribution in [2.45, 2.75) is 6.18 Å². The van der Waals surface area contributed by atoms with Gasteiger partial charge in [-0.25, -0.2) is 4.79 Å². The van der Waals surface area contributed by atoms with Gasteiger partial charge in [-0.1, -0.05) is 0 Å². The van der Waals surface area contributed by atoms with E-state index in [1.54, 1.807) is 0 Å². The van der Waals surface area contributed by atoms with Gasteiger partial charge >= 0.3 is 12.1 Å². The number of carboxylic acids is 1. The Morgan fingerprint density at radius 3 is 2.36 bits per heavy atom. The monoisotopic (exact) mass is 208 g/mol. The molecule has 1 aromatic rings. The number of nitrogens with zero attached hydrogens (tertiary/aromatic N) is 1. The zero-order chi connectivity index (χ0) is 10.1. The molecule has 0 aromatic carbocycles. The summed E-state index contributed by atoms with van der Waals surface area (Å²) in [6, 6.07) is 0.628. The van der Waals surface area contributed by atoms with Crippen LogP contribution in [0.3, 0.4) is 0 Å². The number of rotatable bonds is 1. The molecule has 4 N–H and O–H groups in total. The van der Waals surface area contributed by atoms with Crippen LogP contribution in [0.4, 0.5) is 13.2 Å². The number of alkyl halides is 3. The van der Waals surface area contributed by atoms with Gasteiger partial charge in [-0.2, -0.15) is 13.2 Å². The molecule has 0 saturated heterocycles. The second-order valence-electron chi connectivity index (χ2n) is 2.22. The summed E-state index contributed by atoms with van der Waals surface area (Å²) in [5, 5.41) is 8.39. The fourth-order valence-electron chi connectivity index (χ4n) is 0.812. The minimum Gasteiger partial charge on any atom is -0.478 e. The molecule has 4 nitrogen and oxygen atoms in total. The van der Waals surface area contributed by atoms with Crippen LogP contribution in [0.5, 0.6) is 0 Å². The van der Waals surface area contributed by atoms with Crippen molar-refractivity contribution in [3.05, 3.63) is 29.6 Å². The molecule has 1 heterocycles. The fourth-order valence-corrected chi connectivity index (χ4v) is 0.812. The van der Waals surface area contributed by atoms with Gasteiger partial charge in [0.2, 0.25) is 0 Å². The van der Waals surface area contributed by atoms with E-state index in [0.717, 1.165) is 6.20 Å². The molecule has 0 amide bonds. The molecule has 0 spiro atoms. The van der Waals surface area contributed by atoms with Crippen LogP contribution >= 0.6 is 0 Å². The van der Waals surface area contributed by atoms with Crippen molar-refractivity contribution in [1.82, 2.24) is 11.1 Å². The van der Waals surface area contributed by atoms with Gasteiger partial charge in [0.1, 0.15) is 0 Å². The number of halogens is 3. The van der Waals surface area contributed by atoms with Crippen LogP contribution in [0.1, 0.15) is 15.9 Å². The molecule has 0 aliphatic carbocycles. The summed E-state index contributed by atoms with van der Waals surface area (Å²) in [5.74, 6) is -1.64. The van der Waals surface area contributed by atoms with Gasteiger partial charge in [0.25, 0.3) is 0 Å². The number of aromatic nitrogens is 1. The summed E-state index contributed by atoms with van der Waals surface area (Å²) >= 11 is 0. The van der Waals surface area contributed by atoms with E-state index >= 15 is 0 Å². The zero-order valence-electron chi connectivity index (χ0n) is 6.88. The van der Waals surface area contributed by atoms with E-state index in [2.05, 4.69) is 4.98 Å². The average Bonchev–Trinajstić information content (AvgIpc) is 2.03. The third kappa shape index (κ3) is 2.43. The predicted molar refractivity (Wildman–Crippen MR) is 41.2 cm³/mol. The topological polar surface area (TPSA) is 85.2 Å². The number of hydrogen-bond donors (Lipinski definition) is 2. The van der Waals surface area contributed by atoms with Gasteiger partial charge < -0.3 is 11.3 Å². The Balaban J connectivity index is 0.00000169. The molecule has 78 valence electrons. The van der Waals surface area contributed by atoms with Gasteiger partial charge in [-0.15, -0.1) is 0 Å². The Labute approximate surface area is 77.0 Å². The molecule has 7 heteroatoms. The first kappa shape index (κ1) is 12.4. The summed E-state index contributed by atoms with van der Waals surface area (Å²) < 4.78 is 36.4. The van der Waals surface area contributed by atoms with Crippen LogP contribution < -0.4 is 6.15 Å². The third-order valence-electron chi connectivity index (χ3n) is 1.36. The van der Waals surface area contributed by atoms with E-state index in [1.807, 2.05) is 0 Å². The van der Waals surface area contributed by atoms with E-state index in [-0.39, 0.29) is 6.15 Å². The van der Waals surface area contributed by atoms with Gasteiger partial charge in [0.15, 0.2) is 0 Å². The molecular weight excluding hydrogens is 201 g/mol. The molecule has 0 atom stereocenters. The van der Waals surface area contributed by atoms with Crippen molar-refractivity contribution in [1.29, 1.82) is 0 Å². The van der Waals surface area contributed by atoms with Gasteiger partial charge in [-0.05, 0) is 6.07 Å². The summed E-state index contributed by atoms with van der Waals surface area (Å²) in [4.78, 5) is 13.6. The Kier molecular flexibility index (Phi) is 3.58. The highest BCUT2D eigenvalue weighted by molar-refractivity contribution is 5.89. The van der Waals surface area contributed by atoms with Crippen LogP contribution in [-0.4, -0.2) is 16.1 Å². The molecule has 14 heavy (non-hydrogen) atoms. The Bertz CT molecular complexity index is 338. The molecule has 0 fully saturated rings. The fraction of sp³-hybridized carbons (Fsp3) is 0.143. The first-order valence-corrected chi connectivity index (χ1v) is 3.17. The van der Waals surface area contributed by atoms with Crippen LogP contribution in [0.25, 0.3) is 0 Å². The molecule has 0 radical (unpaired) electrons. The van der Waals surface area contributed by atoms with Crippen molar-refractivity contribution < 1.29 is 23.1 Å². The average molecular weight is 208 g/mol. The summed E-state index contributed by atoms with van der Waals surface area (Å²) in [6.45, 7) is 0. The first-order valence-electron chi connectivity index (χ1n) is 3.17. The molecule has 0 aliphatic heterocycles. The van der Waals surface area contributed by atoms with Gasteiger partial charge in [0, 0.05) is 12.4 Å². The van der Waals surface area contributed by atoms with Crippen molar-refractivity contribution in [3.63, 3.8) is 0 Å². The highest BCUT2D eigenvalue weighted by Gasteiger charge is 2.35. The minimum absolute atomic E-state index is 0. The molecule has 1 rings (SSSR count). The maximum absolute atomic E-state index is 12.1. The van der Waals surface area contributed by atoms with Crippen molar-refractivity contribution in [2.24, 2.45) is 0 Å². The number of pyridine rings is 1. The van der Waals surface area contributed by atoms with Gasteiger partial charge in [-0.3, -0.25) is 4.98 Å². The molecule has 0 unspecified atom stereocenters. The van der Waals surface area contributed by atoms with Crippen LogP contribution in [0.15, 0.2) is 18.5 Å². The van der Waals surface area contributed by atoms with Crippen LogP contribution in [0, 0.1) is 0 Å². The lowest BCUT2D eigenvalue weighted by Gasteiger charge is -2.08. The Morgan fingerprint density at radius 2 is 2.00 bits per heavy atom. The van der Waals surface area contributed by atoms with Crippen molar-refractivity contribution >= 4 is 5.97 Å². The molecule has 0 aliphatic rings. The maximum Gasteiger partial charge on any atom is 0.417 e. The first-order chi connectivity index (χ1) is 5.93. The normalized spacial score (nSPS) is 10.5. The van der Waals surface area contributed by atoms with E-state index in [9.17, 15) is 18.0 Å². The van der Waals surface area contributed by atoms with Crippen LogP contribution in [-0.2, 0) is 6.18 Å². The van der Waals surface area contributed by atoms with E-state index in [1.165, 1.54) is 0 Å². The SMILES string of the molecule is N.O=C(O)c1cnccc1C(F)(F)F. The van der Waals surface area contributed by atoms with E-state index in [0.29, 0.717) is 12.3 Å². The van der Waals surface area contributed by atoms with E-state index in [4.69, 9.17) is 5.11 Å². The molecule has 0 saturated carbocycles. The predicted octanol–water partition coefficient (Wildman–Crippen LogP) is 1.96. The highest BCUT2D eigenvalue weighted by atomic mass is 19.4. The lowest BCUT2D eigenvalue weighted by atomic mass is 10.1. The second-order valence-corrected chi connectivity index (χ2v) is 2.22. The lowest BCUT2D eigenvalue weighted by molar-refractivity contribution is -0.138. The largest absolute Gasteiger partial charge is 0.478 e. The number of carboxylic acid groups (broad SMARTS) is 1. The summed E-state index contributed by atoms with van der Waals surface area (Å²) in [6.07, 6.45) is -3.09. The quantitative estimate of drug-likeness (QED) is 0.738. The smallest absolute Gasteiger partial charge is 0.417 e. The van der Waals surface area contributed by atoms with Crippen molar-refractivity contribution in [2.75, 3.05) is 0 Å².